The van der Waals surface area contributed by atoms with Crippen LogP contribution in [0.1, 0.15) is 32.4 Å². The molecule has 0 aliphatic rings. The van der Waals surface area contributed by atoms with Crippen molar-refractivity contribution in [3.05, 3.63) is 23.8 Å². The van der Waals surface area contributed by atoms with Gasteiger partial charge in [-0.2, -0.15) is 0 Å². The molecule has 0 unspecified atom stereocenters. The highest BCUT2D eigenvalue weighted by Gasteiger charge is 2.33. The van der Waals surface area contributed by atoms with Crippen LogP contribution in [-0.4, -0.2) is 24.7 Å². The van der Waals surface area contributed by atoms with E-state index in [9.17, 15) is 18.3 Å². The van der Waals surface area contributed by atoms with Crippen molar-refractivity contribution in [2.45, 2.75) is 39.3 Å². The van der Waals surface area contributed by atoms with Crippen molar-refractivity contribution in [3.8, 4) is 11.5 Å². The first-order valence-electron chi connectivity index (χ1n) is 6.33. The predicted octanol–water partition coefficient (Wildman–Crippen LogP) is 3.00. The Morgan fingerprint density at radius 1 is 1.19 bits per heavy atom. The Bertz CT molecular complexity index is 483. The van der Waals surface area contributed by atoms with E-state index in [-0.39, 0.29) is 5.75 Å². The number of aliphatic hydroxyl groups excluding tert-OH is 1. The van der Waals surface area contributed by atoms with Gasteiger partial charge in [0.2, 0.25) is 0 Å². The summed E-state index contributed by atoms with van der Waals surface area (Å²) in [4.78, 5) is 0. The highest BCUT2D eigenvalue weighted by molar-refractivity contribution is 5.43. The minimum Gasteiger partial charge on any atom is -0.496 e. The molecule has 0 radical (unpaired) electrons. The minimum absolute atomic E-state index is 0.132. The van der Waals surface area contributed by atoms with Crippen molar-refractivity contribution >= 4 is 0 Å². The molecule has 120 valence electrons. The van der Waals surface area contributed by atoms with Crippen LogP contribution in [0.3, 0.4) is 0 Å². The van der Waals surface area contributed by atoms with Gasteiger partial charge in [-0.1, -0.05) is 20.8 Å². The zero-order valence-electron chi connectivity index (χ0n) is 12.4. The first-order chi connectivity index (χ1) is 9.45. The molecule has 0 bridgehead atoms. The van der Waals surface area contributed by atoms with E-state index < -0.39 is 29.7 Å². The van der Waals surface area contributed by atoms with Gasteiger partial charge in [0.1, 0.15) is 11.5 Å². The molecule has 3 N–H and O–H groups in total. The Balaban J connectivity index is 3.09. The second-order valence-electron chi connectivity index (χ2n) is 5.79. The van der Waals surface area contributed by atoms with Crippen molar-refractivity contribution in [2.75, 3.05) is 7.11 Å². The van der Waals surface area contributed by atoms with Crippen LogP contribution >= 0.6 is 0 Å². The molecule has 1 rings (SSSR count). The lowest BCUT2D eigenvalue weighted by molar-refractivity contribution is -0.274. The topological polar surface area (TPSA) is 64.7 Å². The minimum atomic E-state index is -4.78. The fourth-order valence-corrected chi connectivity index (χ4v) is 1.87. The van der Waals surface area contributed by atoms with Gasteiger partial charge in [-0.25, -0.2) is 0 Å². The normalized spacial score (nSPS) is 15.5. The van der Waals surface area contributed by atoms with Crippen LogP contribution < -0.4 is 15.2 Å². The lowest BCUT2D eigenvalue weighted by Crippen LogP contribution is -2.37. The third-order valence-electron chi connectivity index (χ3n) is 3.03. The summed E-state index contributed by atoms with van der Waals surface area (Å²) in [5.74, 6) is -0.270. The quantitative estimate of drug-likeness (QED) is 0.897. The van der Waals surface area contributed by atoms with Crippen molar-refractivity contribution in [1.82, 2.24) is 0 Å². The first kappa shape index (κ1) is 17.6. The van der Waals surface area contributed by atoms with Crippen molar-refractivity contribution in [3.63, 3.8) is 0 Å². The van der Waals surface area contributed by atoms with Gasteiger partial charge < -0.3 is 20.3 Å². The number of hydrogen-bond acceptors (Lipinski definition) is 4. The fourth-order valence-electron chi connectivity index (χ4n) is 1.87. The molecule has 2 atom stereocenters. The van der Waals surface area contributed by atoms with Gasteiger partial charge in [0.05, 0.1) is 19.3 Å². The molecule has 0 aliphatic heterocycles. The van der Waals surface area contributed by atoms with Crippen LogP contribution in [0.2, 0.25) is 0 Å². The van der Waals surface area contributed by atoms with E-state index in [0.717, 1.165) is 12.1 Å². The first-order valence-corrected chi connectivity index (χ1v) is 6.33. The summed E-state index contributed by atoms with van der Waals surface area (Å²) in [5.41, 5.74) is 5.92. The van der Waals surface area contributed by atoms with Crippen LogP contribution in [0.25, 0.3) is 0 Å². The summed E-state index contributed by atoms with van der Waals surface area (Å²) >= 11 is 0. The molecule has 0 fully saturated rings. The number of ether oxygens (including phenoxy) is 2. The molecular weight excluding hydrogens is 287 g/mol. The smallest absolute Gasteiger partial charge is 0.496 e. The summed E-state index contributed by atoms with van der Waals surface area (Å²) in [6, 6.07) is 2.80. The molecule has 4 nitrogen and oxygen atoms in total. The van der Waals surface area contributed by atoms with Crippen LogP contribution in [0, 0.1) is 5.41 Å². The number of benzene rings is 1. The third kappa shape index (κ3) is 4.78. The van der Waals surface area contributed by atoms with Crippen LogP contribution in [0.5, 0.6) is 11.5 Å². The van der Waals surface area contributed by atoms with Gasteiger partial charge in [0.25, 0.3) is 0 Å². The summed E-state index contributed by atoms with van der Waals surface area (Å²) in [5, 5.41) is 10.2. The molecule has 7 heteroatoms. The maximum atomic E-state index is 12.2. The highest BCUT2D eigenvalue weighted by Crippen LogP contribution is 2.36. The predicted molar refractivity (Wildman–Crippen MR) is 72.1 cm³/mol. The molecular formula is C14H20F3NO3. The third-order valence-corrected chi connectivity index (χ3v) is 3.03. The summed E-state index contributed by atoms with van der Waals surface area (Å²) in [6.45, 7) is 5.43. The number of methoxy groups -OCH3 is 1. The lowest BCUT2D eigenvalue weighted by Gasteiger charge is -2.31. The molecule has 0 saturated carbocycles. The summed E-state index contributed by atoms with van der Waals surface area (Å²) < 4.78 is 45.4. The maximum absolute atomic E-state index is 12.2. The van der Waals surface area contributed by atoms with E-state index in [4.69, 9.17) is 10.5 Å². The van der Waals surface area contributed by atoms with Gasteiger partial charge >= 0.3 is 6.36 Å². The lowest BCUT2D eigenvalue weighted by atomic mass is 9.82. The average Bonchev–Trinajstić information content (AvgIpc) is 2.33. The van der Waals surface area contributed by atoms with Crippen LogP contribution in [0.4, 0.5) is 13.2 Å². The second kappa shape index (κ2) is 6.11. The molecule has 0 saturated heterocycles. The van der Waals surface area contributed by atoms with Gasteiger partial charge in [-0.05, 0) is 17.5 Å². The van der Waals surface area contributed by atoms with E-state index in [0.29, 0.717) is 5.56 Å². The Kier molecular flexibility index (Phi) is 5.11. The molecule has 0 heterocycles. The van der Waals surface area contributed by atoms with E-state index in [1.54, 1.807) is 0 Å². The SMILES string of the molecule is COc1cc(OC(F)(F)F)ccc1[C@H](N)[C@H](O)C(C)(C)C. The van der Waals surface area contributed by atoms with Gasteiger partial charge in [0.15, 0.2) is 0 Å². The largest absolute Gasteiger partial charge is 0.573 e. The van der Waals surface area contributed by atoms with Gasteiger partial charge in [-0.15, -0.1) is 13.2 Å². The Morgan fingerprint density at radius 3 is 2.19 bits per heavy atom. The maximum Gasteiger partial charge on any atom is 0.573 e. The number of nitrogens with two attached hydrogens (primary N) is 1. The van der Waals surface area contributed by atoms with Crippen LogP contribution in [0.15, 0.2) is 18.2 Å². The van der Waals surface area contributed by atoms with Crippen molar-refractivity contribution in [1.29, 1.82) is 0 Å². The zero-order valence-corrected chi connectivity index (χ0v) is 12.4. The van der Waals surface area contributed by atoms with E-state index in [1.807, 2.05) is 20.8 Å². The van der Waals surface area contributed by atoms with Crippen molar-refractivity contribution in [2.24, 2.45) is 11.1 Å². The van der Waals surface area contributed by atoms with Crippen molar-refractivity contribution < 1.29 is 27.8 Å². The van der Waals surface area contributed by atoms with Gasteiger partial charge in [-0.3, -0.25) is 0 Å². The molecule has 0 amide bonds. The van der Waals surface area contributed by atoms with Crippen LogP contribution in [-0.2, 0) is 0 Å². The molecule has 1 aromatic rings. The molecule has 0 aromatic heterocycles. The van der Waals surface area contributed by atoms with E-state index in [1.165, 1.54) is 13.2 Å². The number of rotatable bonds is 4. The Labute approximate surface area is 121 Å². The highest BCUT2D eigenvalue weighted by atomic mass is 19.4. The number of hydrogen-bond donors (Lipinski definition) is 2. The Morgan fingerprint density at radius 2 is 1.76 bits per heavy atom. The molecule has 21 heavy (non-hydrogen) atoms. The Hall–Kier alpha value is -1.47. The molecule has 0 aliphatic carbocycles. The fraction of sp³-hybridized carbons (Fsp3) is 0.571. The summed E-state index contributed by atoms with van der Waals surface area (Å²) in [7, 11) is 1.31. The van der Waals surface area contributed by atoms with E-state index in [2.05, 4.69) is 4.74 Å². The second-order valence-corrected chi connectivity index (χ2v) is 5.79. The molecule has 1 aromatic carbocycles. The summed E-state index contributed by atoms with van der Waals surface area (Å²) in [6.07, 6.45) is -5.67. The van der Waals surface area contributed by atoms with Gasteiger partial charge in [0, 0.05) is 11.6 Å². The monoisotopic (exact) mass is 307 g/mol. The average molecular weight is 307 g/mol. The number of aliphatic hydroxyl groups is 1. The zero-order chi connectivity index (χ0) is 16.4. The number of halogens is 3. The van der Waals surface area contributed by atoms with E-state index >= 15 is 0 Å². The molecule has 0 spiro atoms. The number of alkyl halides is 3. The standard InChI is InChI=1S/C14H20F3NO3/c1-13(2,3)12(19)11(18)9-6-5-8(7-10(9)20-4)21-14(15,16)17/h5-7,11-12,19H,18H2,1-4H3/t11-,12-/m0/s1.